The standard InChI is InChI=1S/C24H23ClN2O6/c1-11-5-15-18(28)9-17-14(21(15)33-11)8-13(25)10-27(17)24(29)16-6-12-7-19(30-2)22(31-3)23(32-4)20(12)26-16/h5-7,9,13,26,28H,8,10H2,1-4H3. The van der Waals surface area contributed by atoms with Crippen LogP contribution in [0.3, 0.4) is 0 Å². The third-order valence-corrected chi connectivity index (χ3v) is 6.27. The van der Waals surface area contributed by atoms with Gasteiger partial charge in [-0.3, -0.25) is 4.79 Å². The number of nitrogens with one attached hydrogen (secondary N) is 1. The van der Waals surface area contributed by atoms with Crippen LogP contribution in [0, 0.1) is 6.92 Å². The van der Waals surface area contributed by atoms with Gasteiger partial charge in [0.15, 0.2) is 11.5 Å². The highest BCUT2D eigenvalue weighted by molar-refractivity contribution is 6.22. The van der Waals surface area contributed by atoms with Crippen LogP contribution in [-0.4, -0.2) is 49.2 Å². The molecule has 3 heterocycles. The molecule has 2 aromatic carbocycles. The number of aromatic amines is 1. The Kier molecular flexibility index (Phi) is 5.05. The van der Waals surface area contributed by atoms with Crippen LogP contribution in [0.15, 0.2) is 28.7 Å². The second-order valence-electron chi connectivity index (χ2n) is 8.00. The first-order valence-electron chi connectivity index (χ1n) is 10.4. The molecule has 33 heavy (non-hydrogen) atoms. The first-order valence-corrected chi connectivity index (χ1v) is 10.8. The number of aromatic nitrogens is 1. The molecule has 0 saturated heterocycles. The van der Waals surface area contributed by atoms with E-state index in [4.69, 9.17) is 30.2 Å². The number of amides is 1. The van der Waals surface area contributed by atoms with Gasteiger partial charge >= 0.3 is 0 Å². The van der Waals surface area contributed by atoms with E-state index in [1.165, 1.54) is 21.3 Å². The highest BCUT2D eigenvalue weighted by Gasteiger charge is 2.33. The SMILES string of the molecule is COc1cc2cc(C(=O)N3CC(Cl)Cc4c3cc(O)c3cc(C)oc43)[nH]c2c(OC)c1OC. The number of ether oxygens (including phenoxy) is 3. The number of alkyl halides is 1. The first kappa shape index (κ1) is 21.3. The zero-order valence-electron chi connectivity index (χ0n) is 18.6. The Bertz CT molecular complexity index is 1410. The lowest BCUT2D eigenvalue weighted by Gasteiger charge is -2.32. The fraction of sp³-hybridized carbons (Fsp3) is 0.292. The van der Waals surface area contributed by atoms with Crippen molar-refractivity contribution in [2.75, 3.05) is 32.8 Å². The quantitative estimate of drug-likeness (QED) is 0.417. The van der Waals surface area contributed by atoms with E-state index in [-0.39, 0.29) is 23.6 Å². The number of carbonyl (C=O) groups excluding carboxylic acids is 1. The smallest absolute Gasteiger partial charge is 0.274 e. The number of aromatic hydroxyl groups is 1. The van der Waals surface area contributed by atoms with Gasteiger partial charge in [-0.15, -0.1) is 11.6 Å². The number of carbonyl (C=O) groups is 1. The van der Waals surface area contributed by atoms with Crippen molar-refractivity contribution in [3.8, 4) is 23.0 Å². The maximum absolute atomic E-state index is 13.7. The second-order valence-corrected chi connectivity index (χ2v) is 8.62. The molecule has 0 bridgehead atoms. The molecule has 4 aromatic rings. The van der Waals surface area contributed by atoms with Crippen molar-refractivity contribution in [3.63, 3.8) is 0 Å². The summed E-state index contributed by atoms with van der Waals surface area (Å²) in [6.07, 6.45) is 0.527. The van der Waals surface area contributed by atoms with E-state index in [1.807, 2.05) is 6.92 Å². The summed E-state index contributed by atoms with van der Waals surface area (Å²) in [6, 6.07) is 6.89. The van der Waals surface area contributed by atoms with Gasteiger partial charge in [0.25, 0.3) is 5.91 Å². The maximum Gasteiger partial charge on any atom is 0.274 e. The first-order chi connectivity index (χ1) is 15.9. The number of nitrogens with zero attached hydrogens (tertiary/aromatic N) is 1. The average molecular weight is 471 g/mol. The molecule has 1 aliphatic rings. The summed E-state index contributed by atoms with van der Waals surface area (Å²) in [5, 5.41) is 11.6. The number of phenolic OH excluding ortho intramolecular Hbond substituents is 1. The molecule has 9 heteroatoms. The summed E-state index contributed by atoms with van der Waals surface area (Å²) in [6.45, 7) is 2.10. The van der Waals surface area contributed by atoms with E-state index in [2.05, 4.69) is 4.98 Å². The lowest BCUT2D eigenvalue weighted by molar-refractivity contribution is 0.0981. The fourth-order valence-corrected chi connectivity index (χ4v) is 4.85. The van der Waals surface area contributed by atoms with Gasteiger partial charge < -0.3 is 33.6 Å². The largest absolute Gasteiger partial charge is 0.507 e. The van der Waals surface area contributed by atoms with Crippen LogP contribution in [-0.2, 0) is 6.42 Å². The van der Waals surface area contributed by atoms with Crippen LogP contribution in [0.25, 0.3) is 21.9 Å². The number of furan rings is 1. The minimum atomic E-state index is -0.307. The molecule has 0 radical (unpaired) electrons. The predicted octanol–water partition coefficient (Wildman–Crippen LogP) is 4.76. The average Bonchev–Trinajstić information content (AvgIpc) is 3.41. The van der Waals surface area contributed by atoms with Crippen molar-refractivity contribution in [2.24, 2.45) is 0 Å². The van der Waals surface area contributed by atoms with E-state index in [0.717, 1.165) is 10.9 Å². The Morgan fingerprint density at radius 1 is 1.15 bits per heavy atom. The molecule has 2 aromatic heterocycles. The van der Waals surface area contributed by atoms with Crippen LogP contribution in [0.4, 0.5) is 5.69 Å². The number of rotatable bonds is 4. The van der Waals surface area contributed by atoms with Gasteiger partial charge in [-0.1, -0.05) is 0 Å². The molecule has 0 spiro atoms. The van der Waals surface area contributed by atoms with Crippen LogP contribution in [0.1, 0.15) is 21.8 Å². The molecule has 5 rings (SSSR count). The molecule has 1 unspecified atom stereocenters. The topological polar surface area (TPSA) is 97.2 Å². The lowest BCUT2D eigenvalue weighted by Crippen LogP contribution is -2.40. The minimum Gasteiger partial charge on any atom is -0.507 e. The third-order valence-electron chi connectivity index (χ3n) is 5.98. The zero-order valence-corrected chi connectivity index (χ0v) is 19.4. The number of hydrogen-bond acceptors (Lipinski definition) is 6. The Morgan fingerprint density at radius 2 is 1.91 bits per heavy atom. The van der Waals surface area contributed by atoms with E-state index >= 15 is 0 Å². The molecule has 1 atom stereocenters. The summed E-state index contributed by atoms with van der Waals surface area (Å²) in [5.74, 6) is 1.79. The van der Waals surface area contributed by atoms with Gasteiger partial charge in [-0.25, -0.2) is 0 Å². The molecule has 1 amide bonds. The number of anilines is 1. The maximum atomic E-state index is 13.7. The van der Waals surface area contributed by atoms with Gasteiger partial charge in [0.05, 0.1) is 43.3 Å². The fourth-order valence-electron chi connectivity index (χ4n) is 4.56. The molecular formula is C24H23ClN2O6. The van der Waals surface area contributed by atoms with Gasteiger partial charge in [0, 0.05) is 23.6 Å². The summed E-state index contributed by atoms with van der Waals surface area (Å²) >= 11 is 6.56. The normalized spacial score (nSPS) is 15.7. The van der Waals surface area contributed by atoms with E-state index < -0.39 is 0 Å². The molecule has 1 aliphatic heterocycles. The van der Waals surface area contributed by atoms with Crippen LogP contribution in [0.5, 0.6) is 23.0 Å². The lowest BCUT2D eigenvalue weighted by atomic mass is 9.98. The van der Waals surface area contributed by atoms with Crippen molar-refractivity contribution in [2.45, 2.75) is 18.7 Å². The predicted molar refractivity (Wildman–Crippen MR) is 126 cm³/mol. The van der Waals surface area contributed by atoms with E-state index in [9.17, 15) is 9.90 Å². The number of fused-ring (bicyclic) bond motifs is 4. The number of hydrogen-bond donors (Lipinski definition) is 2. The van der Waals surface area contributed by atoms with Crippen LogP contribution >= 0.6 is 11.6 Å². The van der Waals surface area contributed by atoms with Gasteiger partial charge in [0.1, 0.15) is 22.8 Å². The molecule has 0 saturated carbocycles. The Morgan fingerprint density at radius 3 is 2.61 bits per heavy atom. The monoisotopic (exact) mass is 470 g/mol. The van der Waals surface area contributed by atoms with Gasteiger partial charge in [-0.2, -0.15) is 0 Å². The minimum absolute atomic E-state index is 0.0548. The number of H-pyrrole nitrogens is 1. The number of halogens is 1. The Labute approximate surface area is 194 Å². The molecule has 0 fully saturated rings. The van der Waals surface area contributed by atoms with Crippen molar-refractivity contribution >= 4 is 45.1 Å². The number of benzene rings is 2. The molecule has 0 aliphatic carbocycles. The molecular weight excluding hydrogens is 448 g/mol. The summed E-state index contributed by atoms with van der Waals surface area (Å²) in [5.41, 5.74) is 2.88. The second kappa shape index (κ2) is 7.81. The van der Waals surface area contributed by atoms with Crippen LogP contribution < -0.4 is 19.1 Å². The van der Waals surface area contributed by atoms with E-state index in [1.54, 1.807) is 29.2 Å². The highest BCUT2D eigenvalue weighted by atomic mass is 35.5. The molecule has 172 valence electrons. The number of aryl methyl sites for hydroxylation is 1. The summed E-state index contributed by atoms with van der Waals surface area (Å²) in [7, 11) is 4.59. The van der Waals surface area contributed by atoms with E-state index in [0.29, 0.717) is 57.3 Å². The Hall–Kier alpha value is -3.52. The van der Waals surface area contributed by atoms with Crippen molar-refractivity contribution in [1.82, 2.24) is 4.98 Å². The van der Waals surface area contributed by atoms with Gasteiger partial charge in [0.2, 0.25) is 5.75 Å². The highest BCUT2D eigenvalue weighted by Crippen LogP contribution is 2.44. The van der Waals surface area contributed by atoms with Gasteiger partial charge in [-0.05, 0) is 31.5 Å². The summed E-state index contributed by atoms with van der Waals surface area (Å²) in [4.78, 5) is 18.4. The number of phenols is 1. The zero-order chi connectivity index (χ0) is 23.4. The third kappa shape index (κ3) is 3.24. The number of methoxy groups -OCH3 is 3. The van der Waals surface area contributed by atoms with Crippen molar-refractivity contribution < 1.29 is 28.5 Å². The Balaban J connectivity index is 1.65. The van der Waals surface area contributed by atoms with Crippen LogP contribution in [0.2, 0.25) is 0 Å². The van der Waals surface area contributed by atoms with Crippen molar-refractivity contribution in [1.29, 1.82) is 0 Å². The molecule has 8 nitrogen and oxygen atoms in total. The molecule has 2 N–H and O–H groups in total. The summed E-state index contributed by atoms with van der Waals surface area (Å²) < 4.78 is 22.3. The van der Waals surface area contributed by atoms with Crippen molar-refractivity contribution in [3.05, 3.63) is 41.3 Å².